The fraction of sp³-hybridized carbons (Fsp3) is 0.750. The monoisotopic (exact) mass is 350 g/mol. The van der Waals surface area contributed by atoms with E-state index < -0.39 is 4.92 Å². The SMILES string of the molecule is O=[N+]([O-])c1c(NCCN2CCCCC2)ncnc1NCC1CCCO1. The van der Waals surface area contributed by atoms with Gasteiger partial charge < -0.3 is 20.3 Å². The molecule has 0 aromatic carbocycles. The number of aromatic nitrogens is 2. The summed E-state index contributed by atoms with van der Waals surface area (Å²) in [4.78, 5) is 21.6. The zero-order valence-electron chi connectivity index (χ0n) is 14.4. The fourth-order valence-electron chi connectivity index (χ4n) is 3.34. The molecule has 0 radical (unpaired) electrons. The van der Waals surface area contributed by atoms with Crippen LogP contribution in [0.2, 0.25) is 0 Å². The van der Waals surface area contributed by atoms with Crippen molar-refractivity contribution in [3.8, 4) is 0 Å². The minimum Gasteiger partial charge on any atom is -0.376 e. The lowest BCUT2D eigenvalue weighted by Gasteiger charge is -2.26. The number of hydrogen-bond donors (Lipinski definition) is 2. The van der Waals surface area contributed by atoms with E-state index in [1.165, 1.54) is 25.6 Å². The molecule has 9 heteroatoms. The van der Waals surface area contributed by atoms with Crippen molar-refractivity contribution >= 4 is 17.3 Å². The molecule has 3 heterocycles. The molecule has 138 valence electrons. The average Bonchev–Trinajstić information content (AvgIpc) is 3.14. The van der Waals surface area contributed by atoms with Crippen molar-refractivity contribution in [2.75, 3.05) is 50.0 Å². The van der Waals surface area contributed by atoms with E-state index in [1.54, 1.807) is 0 Å². The van der Waals surface area contributed by atoms with Gasteiger partial charge in [0, 0.05) is 26.2 Å². The van der Waals surface area contributed by atoms with E-state index in [2.05, 4.69) is 25.5 Å². The summed E-state index contributed by atoms with van der Waals surface area (Å²) >= 11 is 0. The van der Waals surface area contributed by atoms with Crippen LogP contribution in [-0.2, 0) is 4.74 Å². The van der Waals surface area contributed by atoms with E-state index in [1.807, 2.05) is 0 Å². The molecular weight excluding hydrogens is 324 g/mol. The number of anilines is 2. The van der Waals surface area contributed by atoms with Crippen LogP contribution in [0.15, 0.2) is 6.33 Å². The summed E-state index contributed by atoms with van der Waals surface area (Å²) in [5.41, 5.74) is -0.0980. The number of ether oxygens (including phenoxy) is 1. The molecule has 2 aliphatic rings. The summed E-state index contributed by atoms with van der Waals surface area (Å²) in [5, 5.41) is 17.7. The van der Waals surface area contributed by atoms with E-state index in [0.717, 1.165) is 39.1 Å². The predicted octanol–water partition coefficient (Wildman–Crippen LogP) is 1.87. The van der Waals surface area contributed by atoms with Crippen molar-refractivity contribution in [3.63, 3.8) is 0 Å². The van der Waals surface area contributed by atoms with Gasteiger partial charge >= 0.3 is 5.69 Å². The van der Waals surface area contributed by atoms with Gasteiger partial charge in [-0.1, -0.05) is 6.42 Å². The van der Waals surface area contributed by atoms with Crippen LogP contribution >= 0.6 is 0 Å². The molecule has 3 rings (SSSR count). The lowest BCUT2D eigenvalue weighted by atomic mass is 10.1. The summed E-state index contributed by atoms with van der Waals surface area (Å²) in [6, 6.07) is 0. The largest absolute Gasteiger partial charge is 0.376 e. The molecule has 1 atom stereocenters. The lowest BCUT2D eigenvalue weighted by molar-refractivity contribution is -0.383. The molecule has 0 amide bonds. The van der Waals surface area contributed by atoms with Crippen LogP contribution in [0, 0.1) is 10.1 Å². The van der Waals surface area contributed by atoms with Crippen LogP contribution in [-0.4, -0.2) is 65.2 Å². The maximum atomic E-state index is 11.5. The van der Waals surface area contributed by atoms with Crippen molar-refractivity contribution in [1.82, 2.24) is 14.9 Å². The van der Waals surface area contributed by atoms with Gasteiger partial charge in [-0.05, 0) is 38.8 Å². The van der Waals surface area contributed by atoms with Gasteiger partial charge in [-0.2, -0.15) is 0 Å². The number of piperidine rings is 1. The molecule has 1 unspecified atom stereocenters. The number of nitrogens with zero attached hydrogens (tertiary/aromatic N) is 4. The second-order valence-electron chi connectivity index (χ2n) is 6.52. The Bertz CT molecular complexity index is 573. The highest BCUT2D eigenvalue weighted by molar-refractivity contribution is 5.69. The minimum absolute atomic E-state index is 0.0880. The number of hydrogen-bond acceptors (Lipinski definition) is 8. The topological polar surface area (TPSA) is 105 Å². The fourth-order valence-corrected chi connectivity index (χ4v) is 3.34. The Balaban J connectivity index is 1.59. The van der Waals surface area contributed by atoms with Gasteiger partial charge in [-0.3, -0.25) is 10.1 Å². The predicted molar refractivity (Wildman–Crippen MR) is 94.9 cm³/mol. The quantitative estimate of drug-likeness (QED) is 0.541. The highest BCUT2D eigenvalue weighted by Gasteiger charge is 2.24. The molecule has 0 saturated carbocycles. The van der Waals surface area contributed by atoms with Crippen molar-refractivity contribution < 1.29 is 9.66 Å². The van der Waals surface area contributed by atoms with Gasteiger partial charge in [-0.15, -0.1) is 0 Å². The summed E-state index contributed by atoms with van der Waals surface area (Å²) < 4.78 is 5.54. The highest BCUT2D eigenvalue weighted by atomic mass is 16.6. The Morgan fingerprint density at radius 2 is 1.96 bits per heavy atom. The molecule has 2 fully saturated rings. The van der Waals surface area contributed by atoms with Crippen LogP contribution in [0.1, 0.15) is 32.1 Å². The van der Waals surface area contributed by atoms with Gasteiger partial charge in [0.05, 0.1) is 11.0 Å². The zero-order chi connectivity index (χ0) is 17.5. The highest BCUT2D eigenvalue weighted by Crippen LogP contribution is 2.29. The molecule has 0 bridgehead atoms. The van der Waals surface area contributed by atoms with E-state index in [-0.39, 0.29) is 23.4 Å². The first kappa shape index (κ1) is 17.8. The Labute approximate surface area is 147 Å². The standard InChI is InChI=1S/C16H26N6O3/c23-22(24)14-15(17-6-9-21-7-2-1-3-8-21)19-12-20-16(14)18-11-13-5-4-10-25-13/h12-13H,1-11H2,(H2,17,18,19,20). The van der Waals surface area contributed by atoms with Crippen LogP contribution in [0.3, 0.4) is 0 Å². The van der Waals surface area contributed by atoms with Gasteiger partial charge in [0.1, 0.15) is 6.33 Å². The third-order valence-corrected chi connectivity index (χ3v) is 4.70. The summed E-state index contributed by atoms with van der Waals surface area (Å²) in [6.45, 7) is 4.96. The third-order valence-electron chi connectivity index (χ3n) is 4.70. The number of likely N-dealkylation sites (tertiary alicyclic amines) is 1. The van der Waals surface area contributed by atoms with Crippen LogP contribution < -0.4 is 10.6 Å². The number of nitrogens with one attached hydrogen (secondary N) is 2. The van der Waals surface area contributed by atoms with Gasteiger partial charge in [0.15, 0.2) is 0 Å². The van der Waals surface area contributed by atoms with Crippen molar-refractivity contribution in [1.29, 1.82) is 0 Å². The Morgan fingerprint density at radius 3 is 2.64 bits per heavy atom. The molecule has 2 aliphatic heterocycles. The second kappa shape index (κ2) is 8.91. The molecule has 1 aromatic rings. The van der Waals surface area contributed by atoms with E-state index in [0.29, 0.717) is 13.1 Å². The first-order valence-corrected chi connectivity index (χ1v) is 9.05. The number of rotatable bonds is 8. The van der Waals surface area contributed by atoms with Gasteiger partial charge in [-0.25, -0.2) is 9.97 Å². The minimum atomic E-state index is -0.429. The van der Waals surface area contributed by atoms with Crippen LogP contribution in [0.5, 0.6) is 0 Å². The smallest absolute Gasteiger partial charge is 0.353 e. The molecule has 0 aliphatic carbocycles. The average molecular weight is 350 g/mol. The van der Waals surface area contributed by atoms with Crippen molar-refractivity contribution in [3.05, 3.63) is 16.4 Å². The van der Waals surface area contributed by atoms with E-state index >= 15 is 0 Å². The summed E-state index contributed by atoms with van der Waals surface area (Å²) in [7, 11) is 0. The Kier molecular flexibility index (Phi) is 6.35. The Morgan fingerprint density at radius 1 is 1.20 bits per heavy atom. The molecule has 2 N–H and O–H groups in total. The molecule has 2 saturated heterocycles. The lowest BCUT2D eigenvalue weighted by Crippen LogP contribution is -2.33. The third kappa shape index (κ3) is 4.99. The van der Waals surface area contributed by atoms with Crippen LogP contribution in [0.4, 0.5) is 17.3 Å². The molecule has 25 heavy (non-hydrogen) atoms. The summed E-state index contributed by atoms with van der Waals surface area (Å²) in [5.74, 6) is 0.517. The molecule has 1 aromatic heterocycles. The second-order valence-corrected chi connectivity index (χ2v) is 6.52. The van der Waals surface area contributed by atoms with Crippen LogP contribution in [0.25, 0.3) is 0 Å². The molecule has 9 nitrogen and oxygen atoms in total. The number of nitro groups is 1. The maximum absolute atomic E-state index is 11.5. The summed E-state index contributed by atoms with van der Waals surface area (Å²) in [6.07, 6.45) is 7.18. The molecular formula is C16H26N6O3. The first-order valence-electron chi connectivity index (χ1n) is 9.05. The van der Waals surface area contributed by atoms with E-state index in [9.17, 15) is 10.1 Å². The molecule has 0 spiro atoms. The normalized spacial score (nSPS) is 21.2. The Hall–Kier alpha value is -2.00. The zero-order valence-corrected chi connectivity index (χ0v) is 14.4. The van der Waals surface area contributed by atoms with E-state index in [4.69, 9.17) is 4.74 Å². The van der Waals surface area contributed by atoms with Crippen molar-refractivity contribution in [2.24, 2.45) is 0 Å². The van der Waals surface area contributed by atoms with Gasteiger partial charge in [0.25, 0.3) is 0 Å². The van der Waals surface area contributed by atoms with Gasteiger partial charge in [0.2, 0.25) is 11.6 Å². The first-order chi connectivity index (χ1) is 12.2. The van der Waals surface area contributed by atoms with Crippen molar-refractivity contribution in [2.45, 2.75) is 38.2 Å². The maximum Gasteiger partial charge on any atom is 0.353 e.